The van der Waals surface area contributed by atoms with E-state index >= 15 is 0 Å². The van der Waals surface area contributed by atoms with Gasteiger partial charge in [0, 0.05) is 50.5 Å². The molecule has 0 aliphatic carbocycles. The third kappa shape index (κ3) is 76.9. The molecule has 0 aliphatic rings. The van der Waals surface area contributed by atoms with Gasteiger partial charge >= 0.3 is 0 Å². The maximum atomic E-state index is 10.0. The van der Waals surface area contributed by atoms with Crippen molar-refractivity contribution in [2.75, 3.05) is 0 Å². The molecule has 164 valence electrons. The van der Waals surface area contributed by atoms with Crippen molar-refractivity contribution < 1.29 is 65.8 Å². The van der Waals surface area contributed by atoms with Gasteiger partial charge in [0.2, 0.25) is 0 Å². The molecule has 0 heterocycles. The molecule has 0 bridgehead atoms. The van der Waals surface area contributed by atoms with Gasteiger partial charge in [0.25, 0.3) is 0 Å². The molecule has 0 aromatic heterocycles. The minimum atomic E-state index is -0.125. The second-order valence-corrected chi connectivity index (χ2v) is 5.59. The summed E-state index contributed by atoms with van der Waals surface area (Å²) in [5.74, 6) is -0.250. The Hall–Kier alpha value is -2.28. The molecule has 0 radical (unpaired) electrons. The molecule has 0 fully saturated rings. The van der Waals surface area contributed by atoms with Crippen LogP contribution in [0.25, 0.3) is 0 Å². The van der Waals surface area contributed by atoms with Gasteiger partial charge in [-0.2, -0.15) is 0 Å². The van der Waals surface area contributed by atoms with Crippen LogP contribution in [0.5, 0.6) is 0 Å². The zero-order chi connectivity index (χ0) is 23.4. The van der Waals surface area contributed by atoms with Crippen LogP contribution in [0.2, 0.25) is 0 Å². The van der Waals surface area contributed by atoms with Crippen molar-refractivity contribution in [3.05, 3.63) is 47.3 Å². The SMILES string of the molecule is CC(=O)/C=C(/C)O.CC(=O)/C=C(/C)O.CC(=O)/C=C(/C)O.CC(=O)/C=C(\C)O.[Zr]. The minimum absolute atomic E-state index is 0. The molecular formula is C20H32O8Zr. The van der Waals surface area contributed by atoms with Gasteiger partial charge in [-0.05, 0) is 55.4 Å². The van der Waals surface area contributed by atoms with E-state index in [1.165, 1.54) is 79.7 Å². The molecule has 0 amide bonds. The third-order valence-corrected chi connectivity index (χ3v) is 1.65. The van der Waals surface area contributed by atoms with E-state index < -0.39 is 0 Å². The van der Waals surface area contributed by atoms with Crippen LogP contribution in [0.3, 0.4) is 0 Å². The van der Waals surface area contributed by atoms with Gasteiger partial charge in [-0.1, -0.05) is 0 Å². The number of hydrogen-bond donors (Lipinski definition) is 4. The quantitative estimate of drug-likeness (QED) is 0.338. The zero-order valence-corrected chi connectivity index (χ0v) is 20.7. The van der Waals surface area contributed by atoms with Gasteiger partial charge in [0.1, 0.15) is 0 Å². The summed E-state index contributed by atoms with van der Waals surface area (Å²) < 4.78 is 0. The summed E-state index contributed by atoms with van der Waals surface area (Å²) in [5, 5.41) is 33.5. The number of ketones is 4. The van der Waals surface area contributed by atoms with Crippen molar-refractivity contribution in [2.24, 2.45) is 0 Å². The standard InChI is InChI=1S/4C5H8O2.Zr/c4*1-4(6)3-5(2)7;/h4*3,6H,1-2H3;/b4-3+;3*4-3-;. The first kappa shape index (κ1) is 37.5. The van der Waals surface area contributed by atoms with E-state index in [0.717, 1.165) is 0 Å². The summed E-state index contributed by atoms with van der Waals surface area (Å²) in [6, 6.07) is 0. The van der Waals surface area contributed by atoms with Crippen LogP contribution in [0.4, 0.5) is 0 Å². The number of aliphatic hydroxyl groups is 4. The molecule has 0 aliphatic heterocycles. The summed E-state index contributed by atoms with van der Waals surface area (Å²) in [5.41, 5.74) is 0. The number of carbonyl (C=O) groups excluding carboxylic acids is 4. The van der Waals surface area contributed by atoms with Gasteiger partial charge < -0.3 is 20.4 Å². The summed E-state index contributed by atoms with van der Waals surface area (Å²) in [6.07, 6.45) is 4.67. The summed E-state index contributed by atoms with van der Waals surface area (Å²) in [4.78, 5) is 40.1. The molecule has 0 aromatic rings. The molecule has 9 heteroatoms. The first-order valence-corrected chi connectivity index (χ1v) is 8.02. The van der Waals surface area contributed by atoms with E-state index in [-0.39, 0.29) is 72.4 Å². The molecule has 0 atom stereocenters. The third-order valence-electron chi connectivity index (χ3n) is 1.65. The molecule has 0 unspecified atom stereocenters. The number of aliphatic hydroxyl groups excluding tert-OH is 4. The largest absolute Gasteiger partial charge is 0.512 e. The van der Waals surface area contributed by atoms with Crippen molar-refractivity contribution in [2.45, 2.75) is 55.4 Å². The number of carbonyl (C=O) groups is 4. The van der Waals surface area contributed by atoms with Gasteiger partial charge in [0.05, 0.1) is 23.0 Å². The zero-order valence-electron chi connectivity index (χ0n) is 18.2. The van der Waals surface area contributed by atoms with E-state index in [0.29, 0.717) is 0 Å². The van der Waals surface area contributed by atoms with Crippen molar-refractivity contribution in [3.8, 4) is 0 Å². The van der Waals surface area contributed by atoms with Crippen LogP contribution >= 0.6 is 0 Å². The van der Waals surface area contributed by atoms with Gasteiger partial charge in [0.15, 0.2) is 23.1 Å². The fraction of sp³-hybridized carbons (Fsp3) is 0.400. The summed E-state index contributed by atoms with van der Waals surface area (Å²) in [6.45, 7) is 11.4. The molecule has 0 saturated heterocycles. The first-order valence-electron chi connectivity index (χ1n) is 8.02. The number of rotatable bonds is 4. The molecule has 4 N–H and O–H groups in total. The van der Waals surface area contributed by atoms with Crippen LogP contribution in [0.1, 0.15) is 55.4 Å². The molecular weight excluding hydrogens is 459 g/mol. The Labute approximate surface area is 191 Å². The smallest absolute Gasteiger partial charge is 0.155 e. The number of hydrogen-bond acceptors (Lipinski definition) is 8. The van der Waals surface area contributed by atoms with Crippen molar-refractivity contribution >= 4 is 23.1 Å². The van der Waals surface area contributed by atoms with E-state index in [1.54, 1.807) is 0 Å². The molecule has 8 nitrogen and oxygen atoms in total. The van der Waals surface area contributed by atoms with Crippen LogP contribution < -0.4 is 0 Å². The van der Waals surface area contributed by atoms with Gasteiger partial charge in [-0.15, -0.1) is 0 Å². The molecule has 0 aromatic carbocycles. The summed E-state index contributed by atoms with van der Waals surface area (Å²) >= 11 is 0. The van der Waals surface area contributed by atoms with E-state index in [4.69, 9.17) is 20.4 Å². The second-order valence-electron chi connectivity index (χ2n) is 5.59. The van der Waals surface area contributed by atoms with Crippen LogP contribution in [-0.2, 0) is 45.4 Å². The normalized spacial score (nSPS) is 11.0. The fourth-order valence-electron chi connectivity index (χ4n) is 1.18. The Kier molecular flexibility index (Phi) is 30.7. The van der Waals surface area contributed by atoms with Crippen LogP contribution in [0.15, 0.2) is 47.3 Å². The molecule has 29 heavy (non-hydrogen) atoms. The monoisotopic (exact) mass is 490 g/mol. The van der Waals surface area contributed by atoms with E-state index in [1.807, 2.05) is 0 Å². The van der Waals surface area contributed by atoms with Crippen molar-refractivity contribution in [3.63, 3.8) is 0 Å². The second kappa shape index (κ2) is 23.8. The number of allylic oxidation sites excluding steroid dienone is 8. The fourth-order valence-corrected chi connectivity index (χ4v) is 1.18. The molecule has 0 saturated carbocycles. The average Bonchev–Trinajstić information content (AvgIpc) is 2.32. The van der Waals surface area contributed by atoms with E-state index in [9.17, 15) is 19.2 Å². The predicted molar refractivity (Wildman–Crippen MR) is 108 cm³/mol. The molecule has 0 spiro atoms. The molecule has 0 rings (SSSR count). The Morgan fingerprint density at radius 1 is 0.414 bits per heavy atom. The topological polar surface area (TPSA) is 149 Å². The van der Waals surface area contributed by atoms with Crippen molar-refractivity contribution in [1.29, 1.82) is 0 Å². The van der Waals surface area contributed by atoms with Gasteiger partial charge in [-0.3, -0.25) is 19.2 Å². The minimum Gasteiger partial charge on any atom is -0.512 e. The van der Waals surface area contributed by atoms with Crippen LogP contribution in [-0.4, -0.2) is 43.6 Å². The van der Waals surface area contributed by atoms with Crippen LogP contribution in [0, 0.1) is 0 Å². The Balaban J connectivity index is -0.0000000873. The van der Waals surface area contributed by atoms with E-state index in [2.05, 4.69) is 0 Å². The first-order chi connectivity index (χ1) is 12.5. The Morgan fingerprint density at radius 2 is 0.517 bits per heavy atom. The maximum Gasteiger partial charge on any atom is 0.155 e. The average molecular weight is 492 g/mol. The Bertz CT molecular complexity index is 513. The maximum absolute atomic E-state index is 10.0. The predicted octanol–water partition coefficient (Wildman–Crippen LogP) is 4.15. The van der Waals surface area contributed by atoms with Crippen molar-refractivity contribution in [1.82, 2.24) is 0 Å². The summed E-state index contributed by atoms with van der Waals surface area (Å²) in [7, 11) is 0. The van der Waals surface area contributed by atoms with Gasteiger partial charge in [-0.25, -0.2) is 0 Å². The Morgan fingerprint density at radius 3 is 0.517 bits per heavy atom.